The summed E-state index contributed by atoms with van der Waals surface area (Å²) in [7, 11) is 0. The molecule has 5 rings (SSSR count). The zero-order valence-corrected chi connectivity index (χ0v) is 18.0. The number of hydrogen-bond acceptors (Lipinski definition) is 3. The smallest absolute Gasteiger partial charge is 0.205 e. The number of ether oxygens (including phenoxy) is 1. The number of nitriles is 1. The molecular weight excluding hydrogens is 394 g/mol. The van der Waals surface area contributed by atoms with Gasteiger partial charge in [-0.2, -0.15) is 5.26 Å². The van der Waals surface area contributed by atoms with E-state index in [1.807, 2.05) is 55.5 Å². The van der Waals surface area contributed by atoms with Crippen molar-refractivity contribution in [2.45, 2.75) is 19.8 Å². The molecule has 1 aliphatic rings. The Balaban J connectivity index is 1.78. The molecule has 32 heavy (non-hydrogen) atoms. The highest BCUT2D eigenvalue weighted by molar-refractivity contribution is 5.93. The number of aromatic amines is 1. The van der Waals surface area contributed by atoms with E-state index < -0.39 is 0 Å². The second kappa shape index (κ2) is 7.79. The lowest BCUT2D eigenvalue weighted by Gasteiger charge is -2.24. The number of aromatic nitrogens is 1. The third-order valence-corrected chi connectivity index (χ3v) is 5.94. The van der Waals surface area contributed by atoms with Crippen molar-refractivity contribution in [3.63, 3.8) is 0 Å². The number of fused-ring (bicyclic) bond motifs is 1. The van der Waals surface area contributed by atoms with Crippen molar-refractivity contribution in [3.05, 3.63) is 113 Å². The molecule has 0 aliphatic carbocycles. The normalized spacial score (nSPS) is 15.9. The zero-order chi connectivity index (χ0) is 22.2. The van der Waals surface area contributed by atoms with Gasteiger partial charge in [-0.1, -0.05) is 71.8 Å². The predicted molar refractivity (Wildman–Crippen MR) is 128 cm³/mol. The first kappa shape index (κ1) is 19.7. The Hall–Kier alpha value is -4.23. The molecule has 3 N–H and O–H groups in total. The molecule has 4 aromatic rings. The molecule has 0 radical (unpaired) electrons. The Morgan fingerprint density at radius 1 is 0.906 bits per heavy atom. The van der Waals surface area contributed by atoms with Gasteiger partial charge in [0, 0.05) is 22.4 Å². The number of aryl methyl sites for hydroxylation is 2. The number of nitrogens with two attached hydrogens (primary N) is 1. The number of hydrogen-bond donors (Lipinski definition) is 2. The number of nitrogens with one attached hydrogen (secondary N) is 1. The molecule has 4 nitrogen and oxygen atoms in total. The maximum atomic E-state index is 10.0. The topological polar surface area (TPSA) is 74.8 Å². The van der Waals surface area contributed by atoms with E-state index >= 15 is 0 Å². The summed E-state index contributed by atoms with van der Waals surface area (Å²) in [5, 5.41) is 11.1. The fourth-order valence-electron chi connectivity index (χ4n) is 4.30. The van der Waals surface area contributed by atoms with Crippen molar-refractivity contribution >= 4 is 16.7 Å². The minimum atomic E-state index is -0.337. The van der Waals surface area contributed by atoms with Crippen LogP contribution in [0.1, 0.15) is 28.2 Å². The molecule has 0 amide bonds. The molecule has 156 valence electrons. The zero-order valence-electron chi connectivity index (χ0n) is 18.0. The second-order valence-electron chi connectivity index (χ2n) is 8.20. The van der Waals surface area contributed by atoms with Crippen LogP contribution in [0.3, 0.4) is 0 Å². The van der Waals surface area contributed by atoms with Crippen LogP contribution >= 0.6 is 0 Å². The minimum absolute atomic E-state index is 0.150. The van der Waals surface area contributed by atoms with E-state index in [0.717, 1.165) is 38.9 Å². The van der Waals surface area contributed by atoms with Crippen LogP contribution in [0.4, 0.5) is 0 Å². The van der Waals surface area contributed by atoms with Gasteiger partial charge in [0.15, 0.2) is 0 Å². The molecular formula is C28H23N3O. The molecule has 3 aromatic carbocycles. The van der Waals surface area contributed by atoms with Crippen LogP contribution in [-0.2, 0) is 4.74 Å². The average molecular weight is 418 g/mol. The lowest BCUT2D eigenvalue weighted by Crippen LogP contribution is -2.16. The van der Waals surface area contributed by atoms with E-state index in [1.165, 1.54) is 5.56 Å². The van der Waals surface area contributed by atoms with Crippen molar-refractivity contribution in [3.8, 4) is 17.3 Å². The van der Waals surface area contributed by atoms with E-state index in [1.54, 1.807) is 0 Å². The Morgan fingerprint density at radius 3 is 2.34 bits per heavy atom. The van der Waals surface area contributed by atoms with Crippen molar-refractivity contribution < 1.29 is 4.74 Å². The van der Waals surface area contributed by atoms with E-state index in [2.05, 4.69) is 48.3 Å². The Morgan fingerprint density at radius 2 is 1.62 bits per heavy atom. The van der Waals surface area contributed by atoms with Gasteiger partial charge in [-0.3, -0.25) is 0 Å². The van der Waals surface area contributed by atoms with E-state index in [0.29, 0.717) is 11.3 Å². The highest BCUT2D eigenvalue weighted by Gasteiger charge is 2.30. The van der Waals surface area contributed by atoms with E-state index in [9.17, 15) is 5.26 Å². The molecule has 0 saturated carbocycles. The van der Waals surface area contributed by atoms with Gasteiger partial charge in [-0.15, -0.1) is 0 Å². The van der Waals surface area contributed by atoms with Crippen LogP contribution in [0.2, 0.25) is 0 Å². The highest BCUT2D eigenvalue weighted by atomic mass is 16.5. The summed E-state index contributed by atoms with van der Waals surface area (Å²) in [6.45, 7) is 4.12. The number of H-pyrrole nitrogens is 1. The Labute approximate surface area is 187 Å². The molecule has 1 aromatic heterocycles. The van der Waals surface area contributed by atoms with E-state index in [4.69, 9.17) is 10.5 Å². The Bertz CT molecular complexity index is 1420. The number of rotatable bonds is 3. The number of allylic oxidation sites excluding steroid dienone is 2. The van der Waals surface area contributed by atoms with Gasteiger partial charge < -0.3 is 15.5 Å². The first-order chi connectivity index (χ1) is 15.5. The van der Waals surface area contributed by atoms with Gasteiger partial charge in [0.1, 0.15) is 17.4 Å². The summed E-state index contributed by atoms with van der Waals surface area (Å²) in [5.41, 5.74) is 14.1. The maximum absolute atomic E-state index is 10.0. The summed E-state index contributed by atoms with van der Waals surface area (Å²) in [6, 6.07) is 26.9. The van der Waals surface area contributed by atoms with Gasteiger partial charge in [0.05, 0.1) is 5.69 Å². The molecule has 0 fully saturated rings. The van der Waals surface area contributed by atoms with Crippen molar-refractivity contribution in [1.29, 1.82) is 5.26 Å². The van der Waals surface area contributed by atoms with Crippen LogP contribution < -0.4 is 5.73 Å². The summed E-state index contributed by atoms with van der Waals surface area (Å²) in [6.07, 6.45) is 2.01. The SMILES string of the molecule is Cc1ccc(C2=CC(c3c(-c4ccccc4)[nH]c4ccc(C)cc34)C(C#N)=C(N)O2)cc1. The molecule has 0 saturated heterocycles. The van der Waals surface area contributed by atoms with Crippen LogP contribution in [0.15, 0.2) is 90.3 Å². The number of benzene rings is 3. The molecule has 1 aliphatic heterocycles. The number of nitrogens with zero attached hydrogens (tertiary/aromatic N) is 1. The summed E-state index contributed by atoms with van der Waals surface area (Å²) in [5.74, 6) is 0.472. The van der Waals surface area contributed by atoms with Gasteiger partial charge in [0.25, 0.3) is 0 Å². The molecule has 0 bridgehead atoms. The fraction of sp³-hybridized carbons (Fsp3) is 0.107. The van der Waals surface area contributed by atoms with Crippen LogP contribution in [-0.4, -0.2) is 4.98 Å². The van der Waals surface area contributed by atoms with Crippen molar-refractivity contribution in [2.24, 2.45) is 5.73 Å². The van der Waals surface area contributed by atoms with Gasteiger partial charge in [-0.25, -0.2) is 0 Å². The van der Waals surface area contributed by atoms with Crippen molar-refractivity contribution in [2.75, 3.05) is 0 Å². The van der Waals surface area contributed by atoms with Gasteiger partial charge in [0.2, 0.25) is 5.88 Å². The Kier molecular flexibility index (Phi) is 4.80. The highest BCUT2D eigenvalue weighted by Crippen LogP contribution is 2.43. The quantitative estimate of drug-likeness (QED) is 0.411. The monoisotopic (exact) mass is 417 g/mol. The molecule has 0 spiro atoms. The minimum Gasteiger partial charge on any atom is -0.440 e. The summed E-state index contributed by atoms with van der Waals surface area (Å²) >= 11 is 0. The fourth-order valence-corrected chi connectivity index (χ4v) is 4.30. The third kappa shape index (κ3) is 3.34. The second-order valence-corrected chi connectivity index (χ2v) is 8.20. The third-order valence-electron chi connectivity index (χ3n) is 5.94. The molecule has 2 heterocycles. The summed E-state index contributed by atoms with van der Waals surface area (Å²) < 4.78 is 5.91. The van der Waals surface area contributed by atoms with Crippen molar-refractivity contribution in [1.82, 2.24) is 4.98 Å². The molecule has 4 heteroatoms. The first-order valence-corrected chi connectivity index (χ1v) is 10.6. The van der Waals surface area contributed by atoms with Gasteiger partial charge >= 0.3 is 0 Å². The predicted octanol–water partition coefficient (Wildman–Crippen LogP) is 6.30. The van der Waals surface area contributed by atoms with Crippen LogP contribution in [0.25, 0.3) is 27.9 Å². The average Bonchev–Trinajstić information content (AvgIpc) is 3.18. The van der Waals surface area contributed by atoms with Crippen LogP contribution in [0, 0.1) is 25.2 Å². The van der Waals surface area contributed by atoms with E-state index in [-0.39, 0.29) is 11.8 Å². The maximum Gasteiger partial charge on any atom is 0.205 e. The molecule has 1 atom stereocenters. The largest absolute Gasteiger partial charge is 0.440 e. The molecule has 1 unspecified atom stereocenters. The standard InChI is InChI=1S/C28H23N3O/c1-17-8-11-19(12-9-17)25-15-21(23(16-29)28(30)32-25)26-22-14-18(2)10-13-24(22)31-27(26)20-6-4-3-5-7-20/h3-15,21,31H,30H2,1-2H3. The van der Waals surface area contributed by atoms with Gasteiger partial charge in [-0.05, 0) is 43.2 Å². The first-order valence-electron chi connectivity index (χ1n) is 10.6. The lowest BCUT2D eigenvalue weighted by atomic mass is 9.85. The lowest BCUT2D eigenvalue weighted by molar-refractivity contribution is 0.361. The summed E-state index contributed by atoms with van der Waals surface area (Å²) in [4.78, 5) is 3.58. The van der Waals surface area contributed by atoms with Crippen LogP contribution in [0.5, 0.6) is 0 Å².